The topological polar surface area (TPSA) is 47.6 Å². The molecule has 0 bridgehead atoms. The van der Waals surface area contributed by atoms with Crippen molar-refractivity contribution < 1.29 is 4.74 Å². The quantitative estimate of drug-likeness (QED) is 0.886. The third-order valence-corrected chi connectivity index (χ3v) is 6.74. The molecule has 0 saturated carbocycles. The maximum Gasteiger partial charge on any atom is 0.0468 e. The van der Waals surface area contributed by atoms with Gasteiger partial charge in [0.25, 0.3) is 0 Å². The first kappa shape index (κ1) is 17.2. The molecule has 1 aliphatic carbocycles. The molecule has 1 saturated heterocycles. The first-order valence-corrected chi connectivity index (χ1v) is 10.1. The standard InChI is InChI=1S/C22H32N2O/c1-22(23)11-8-19(20-4-2-3-5-21(20)22)17-6-7-18(24-15-17)14-16-9-12-25-13-10-16/h2-5,16-17,19H,6-15,23H2,1H3. The molecule has 0 amide bonds. The van der Waals surface area contributed by atoms with E-state index in [1.807, 2.05) is 0 Å². The van der Waals surface area contributed by atoms with Gasteiger partial charge in [0.2, 0.25) is 0 Å². The number of hydrogen-bond donors (Lipinski definition) is 1. The molecule has 2 aliphatic heterocycles. The van der Waals surface area contributed by atoms with Crippen molar-refractivity contribution in [3.63, 3.8) is 0 Å². The van der Waals surface area contributed by atoms with E-state index < -0.39 is 0 Å². The Morgan fingerprint density at radius 3 is 2.72 bits per heavy atom. The van der Waals surface area contributed by atoms with Crippen LogP contribution in [-0.2, 0) is 10.3 Å². The van der Waals surface area contributed by atoms with Gasteiger partial charge in [-0.25, -0.2) is 0 Å². The first-order valence-electron chi connectivity index (χ1n) is 10.1. The second kappa shape index (κ2) is 7.20. The van der Waals surface area contributed by atoms with E-state index in [2.05, 4.69) is 31.2 Å². The van der Waals surface area contributed by atoms with Gasteiger partial charge >= 0.3 is 0 Å². The molecule has 3 atom stereocenters. The molecular weight excluding hydrogens is 308 g/mol. The van der Waals surface area contributed by atoms with Gasteiger partial charge in [-0.1, -0.05) is 24.3 Å². The Morgan fingerprint density at radius 1 is 1.16 bits per heavy atom. The van der Waals surface area contributed by atoms with Crippen molar-refractivity contribution in [2.24, 2.45) is 22.6 Å². The lowest BCUT2D eigenvalue weighted by atomic mass is 9.68. The number of fused-ring (bicyclic) bond motifs is 1. The van der Waals surface area contributed by atoms with Gasteiger partial charge in [0.15, 0.2) is 0 Å². The monoisotopic (exact) mass is 340 g/mol. The van der Waals surface area contributed by atoms with Crippen molar-refractivity contribution in [1.29, 1.82) is 0 Å². The lowest BCUT2D eigenvalue weighted by Gasteiger charge is -2.40. The summed E-state index contributed by atoms with van der Waals surface area (Å²) in [5.74, 6) is 2.13. The number of nitrogens with zero attached hydrogens (tertiary/aromatic N) is 1. The number of ether oxygens (including phenoxy) is 1. The van der Waals surface area contributed by atoms with Gasteiger partial charge in [-0.05, 0) is 80.8 Å². The summed E-state index contributed by atoms with van der Waals surface area (Å²) in [6, 6.07) is 8.86. The van der Waals surface area contributed by atoms with E-state index in [9.17, 15) is 0 Å². The van der Waals surface area contributed by atoms with Crippen LogP contribution in [0.4, 0.5) is 0 Å². The Balaban J connectivity index is 1.44. The summed E-state index contributed by atoms with van der Waals surface area (Å²) in [5.41, 5.74) is 10.7. The van der Waals surface area contributed by atoms with Crippen molar-refractivity contribution >= 4 is 5.71 Å². The van der Waals surface area contributed by atoms with Crippen molar-refractivity contribution in [2.75, 3.05) is 19.8 Å². The van der Waals surface area contributed by atoms with Crippen LogP contribution in [0.3, 0.4) is 0 Å². The highest BCUT2D eigenvalue weighted by atomic mass is 16.5. The van der Waals surface area contributed by atoms with Crippen LogP contribution in [0.15, 0.2) is 29.3 Å². The highest BCUT2D eigenvalue weighted by Crippen LogP contribution is 2.45. The molecule has 0 aromatic heterocycles. The Morgan fingerprint density at radius 2 is 1.96 bits per heavy atom. The van der Waals surface area contributed by atoms with Crippen LogP contribution in [0.5, 0.6) is 0 Å². The summed E-state index contributed by atoms with van der Waals surface area (Å²) < 4.78 is 5.49. The van der Waals surface area contributed by atoms with Crippen LogP contribution in [0.1, 0.15) is 68.9 Å². The molecule has 3 nitrogen and oxygen atoms in total. The first-order chi connectivity index (χ1) is 12.1. The van der Waals surface area contributed by atoms with Crippen molar-refractivity contribution in [2.45, 2.75) is 63.3 Å². The molecule has 1 aromatic carbocycles. The Labute approximate surface area is 152 Å². The fourth-order valence-electron chi connectivity index (χ4n) is 5.12. The van der Waals surface area contributed by atoms with Crippen LogP contribution in [0.2, 0.25) is 0 Å². The Kier molecular flexibility index (Phi) is 4.97. The van der Waals surface area contributed by atoms with Gasteiger partial charge in [-0.2, -0.15) is 0 Å². The minimum absolute atomic E-state index is 0.167. The molecular formula is C22H32N2O. The zero-order valence-corrected chi connectivity index (χ0v) is 15.5. The van der Waals surface area contributed by atoms with E-state index >= 15 is 0 Å². The molecule has 1 fully saturated rings. The van der Waals surface area contributed by atoms with Gasteiger partial charge < -0.3 is 10.5 Å². The number of nitrogens with two attached hydrogens (primary N) is 1. The van der Waals surface area contributed by atoms with E-state index in [0.29, 0.717) is 11.8 Å². The molecule has 4 rings (SSSR count). The molecule has 0 spiro atoms. The third kappa shape index (κ3) is 3.68. The number of benzene rings is 1. The Hall–Kier alpha value is -1.19. The predicted octanol–water partition coefficient (Wildman–Crippen LogP) is 4.41. The molecule has 1 aromatic rings. The highest BCUT2D eigenvalue weighted by Gasteiger charge is 2.37. The predicted molar refractivity (Wildman–Crippen MR) is 103 cm³/mol. The highest BCUT2D eigenvalue weighted by molar-refractivity contribution is 5.85. The average molecular weight is 341 g/mol. The SMILES string of the molecule is CC1(N)CCC(C2CCC(CC3CCOCC3)=NC2)c2ccccc21. The molecule has 2 N–H and O–H groups in total. The van der Waals surface area contributed by atoms with Crippen molar-refractivity contribution in [3.8, 4) is 0 Å². The van der Waals surface area contributed by atoms with Gasteiger partial charge in [-0.3, -0.25) is 4.99 Å². The number of hydrogen-bond acceptors (Lipinski definition) is 3. The van der Waals surface area contributed by atoms with Crippen LogP contribution in [0.25, 0.3) is 0 Å². The van der Waals surface area contributed by atoms with E-state index in [1.54, 1.807) is 0 Å². The van der Waals surface area contributed by atoms with Crippen LogP contribution in [-0.4, -0.2) is 25.5 Å². The van der Waals surface area contributed by atoms with Crippen molar-refractivity contribution in [1.82, 2.24) is 0 Å². The third-order valence-electron chi connectivity index (χ3n) is 6.74. The van der Waals surface area contributed by atoms with E-state index in [1.165, 1.54) is 55.4 Å². The second-order valence-corrected chi connectivity index (χ2v) is 8.62. The van der Waals surface area contributed by atoms with Crippen molar-refractivity contribution in [3.05, 3.63) is 35.4 Å². The fraction of sp³-hybridized carbons (Fsp3) is 0.682. The maximum absolute atomic E-state index is 6.57. The van der Waals surface area contributed by atoms with Gasteiger partial charge in [0.05, 0.1) is 0 Å². The molecule has 136 valence electrons. The smallest absolute Gasteiger partial charge is 0.0468 e. The lowest BCUT2D eigenvalue weighted by Crippen LogP contribution is -2.39. The Bertz CT molecular complexity index is 631. The summed E-state index contributed by atoms with van der Waals surface area (Å²) in [7, 11) is 0. The van der Waals surface area contributed by atoms with Crippen LogP contribution in [0, 0.1) is 11.8 Å². The second-order valence-electron chi connectivity index (χ2n) is 8.62. The molecule has 3 unspecified atom stereocenters. The normalized spacial score (nSPS) is 33.6. The molecule has 0 radical (unpaired) electrons. The van der Waals surface area contributed by atoms with Crippen LogP contribution < -0.4 is 5.73 Å². The molecule has 3 aliphatic rings. The zero-order chi connectivity index (χ0) is 17.3. The van der Waals surface area contributed by atoms with Gasteiger partial charge in [-0.15, -0.1) is 0 Å². The summed E-state index contributed by atoms with van der Waals surface area (Å²) in [5, 5.41) is 0. The van der Waals surface area contributed by atoms with E-state index in [4.69, 9.17) is 15.5 Å². The summed E-state index contributed by atoms with van der Waals surface area (Å²) >= 11 is 0. The van der Waals surface area contributed by atoms with E-state index in [-0.39, 0.29) is 5.54 Å². The van der Waals surface area contributed by atoms with E-state index in [0.717, 1.165) is 32.1 Å². The number of rotatable bonds is 3. The summed E-state index contributed by atoms with van der Waals surface area (Å²) in [6.07, 6.45) is 8.42. The average Bonchev–Trinajstić information content (AvgIpc) is 2.64. The van der Waals surface area contributed by atoms with Crippen LogP contribution >= 0.6 is 0 Å². The number of aliphatic imine (C=N–C) groups is 1. The van der Waals surface area contributed by atoms with Gasteiger partial charge in [0, 0.05) is 31.0 Å². The minimum atomic E-state index is -0.167. The largest absolute Gasteiger partial charge is 0.381 e. The summed E-state index contributed by atoms with van der Waals surface area (Å²) in [6.45, 7) is 5.08. The zero-order valence-electron chi connectivity index (χ0n) is 15.5. The molecule has 3 heteroatoms. The van der Waals surface area contributed by atoms with Gasteiger partial charge in [0.1, 0.15) is 0 Å². The lowest BCUT2D eigenvalue weighted by molar-refractivity contribution is 0.0682. The minimum Gasteiger partial charge on any atom is -0.381 e. The summed E-state index contributed by atoms with van der Waals surface area (Å²) in [4.78, 5) is 5.03. The molecule has 2 heterocycles. The molecule has 25 heavy (non-hydrogen) atoms. The fourth-order valence-corrected chi connectivity index (χ4v) is 5.12. The maximum atomic E-state index is 6.57.